The molecule has 1 heterocycles. The van der Waals surface area contributed by atoms with Gasteiger partial charge in [0.25, 0.3) is 5.91 Å². The predicted molar refractivity (Wildman–Crippen MR) is 122 cm³/mol. The minimum Gasteiger partial charge on any atom is -0.339 e. The molecule has 0 bridgehead atoms. The fraction of sp³-hybridized carbons (Fsp3) is 0.292. The zero-order valence-corrected chi connectivity index (χ0v) is 18.2. The number of thiazole rings is 1. The quantitative estimate of drug-likeness (QED) is 0.523. The lowest BCUT2D eigenvalue weighted by atomic mass is 10.0. The normalized spacial score (nSPS) is 11.7. The number of nitrogens with zero attached hydrogens (tertiary/aromatic N) is 1. The van der Waals surface area contributed by atoms with Crippen molar-refractivity contribution >= 4 is 28.8 Å². The summed E-state index contributed by atoms with van der Waals surface area (Å²) in [6.45, 7) is 3.98. The summed E-state index contributed by atoms with van der Waals surface area (Å²) in [6.07, 6.45) is 3.41. The number of para-hydroxylation sites is 1. The number of carbonyl (C=O) groups excluding carboxylic acids is 2. The van der Waals surface area contributed by atoms with Gasteiger partial charge < -0.3 is 10.6 Å². The second kappa shape index (κ2) is 10.7. The molecule has 0 aliphatic heterocycles. The first-order chi connectivity index (χ1) is 14.6. The van der Waals surface area contributed by atoms with Crippen LogP contribution < -0.4 is 10.6 Å². The molecule has 30 heavy (non-hydrogen) atoms. The number of unbranched alkanes of at least 4 members (excludes halogenated alkanes) is 1. The van der Waals surface area contributed by atoms with E-state index in [9.17, 15) is 9.59 Å². The minimum absolute atomic E-state index is 0.244. The van der Waals surface area contributed by atoms with Crippen LogP contribution in [-0.2, 0) is 17.6 Å². The predicted octanol–water partition coefficient (Wildman–Crippen LogP) is 4.77. The average Bonchev–Trinajstić information content (AvgIpc) is 3.13. The molecule has 0 fully saturated rings. The van der Waals surface area contributed by atoms with Crippen molar-refractivity contribution < 1.29 is 9.59 Å². The summed E-state index contributed by atoms with van der Waals surface area (Å²) in [5.74, 6) is -0.497. The first-order valence-electron chi connectivity index (χ1n) is 10.2. The van der Waals surface area contributed by atoms with E-state index in [4.69, 9.17) is 0 Å². The molecule has 2 amide bonds. The van der Waals surface area contributed by atoms with Crippen LogP contribution in [0, 0.1) is 6.92 Å². The first kappa shape index (κ1) is 21.7. The maximum Gasteiger partial charge on any atom is 0.263 e. The number of anilines is 1. The highest BCUT2D eigenvalue weighted by atomic mass is 32.1. The lowest BCUT2D eigenvalue weighted by molar-refractivity contribution is -0.118. The molecule has 6 heteroatoms. The SMILES string of the molecule is CCCCc1nc(C)c(C(=O)NC(Cc2ccccc2)C(=O)Nc2ccccc2)s1. The molecule has 2 aromatic carbocycles. The highest BCUT2D eigenvalue weighted by molar-refractivity contribution is 7.13. The summed E-state index contributed by atoms with van der Waals surface area (Å²) in [7, 11) is 0. The van der Waals surface area contributed by atoms with E-state index in [0.717, 1.165) is 29.8 Å². The highest BCUT2D eigenvalue weighted by Crippen LogP contribution is 2.20. The van der Waals surface area contributed by atoms with E-state index < -0.39 is 6.04 Å². The molecule has 1 unspecified atom stereocenters. The lowest BCUT2D eigenvalue weighted by Gasteiger charge is -2.18. The van der Waals surface area contributed by atoms with Gasteiger partial charge in [-0.25, -0.2) is 4.98 Å². The Morgan fingerprint density at radius 3 is 2.37 bits per heavy atom. The summed E-state index contributed by atoms with van der Waals surface area (Å²) >= 11 is 1.42. The van der Waals surface area contributed by atoms with Gasteiger partial charge >= 0.3 is 0 Å². The number of carbonyl (C=O) groups is 2. The monoisotopic (exact) mass is 421 g/mol. The summed E-state index contributed by atoms with van der Waals surface area (Å²) in [6, 6.07) is 18.3. The third kappa shape index (κ3) is 6.00. The van der Waals surface area contributed by atoms with Gasteiger partial charge in [-0.1, -0.05) is 61.9 Å². The first-order valence-corrected chi connectivity index (χ1v) is 11.1. The van der Waals surface area contributed by atoms with Gasteiger partial charge in [-0.2, -0.15) is 0 Å². The molecular formula is C24H27N3O2S. The zero-order valence-electron chi connectivity index (χ0n) is 17.4. The van der Waals surface area contributed by atoms with Crippen molar-refractivity contribution in [1.29, 1.82) is 0 Å². The van der Waals surface area contributed by atoms with Gasteiger partial charge in [0.15, 0.2) is 0 Å². The van der Waals surface area contributed by atoms with Crippen LogP contribution in [0.4, 0.5) is 5.69 Å². The van der Waals surface area contributed by atoms with Crippen molar-refractivity contribution in [2.75, 3.05) is 5.32 Å². The van der Waals surface area contributed by atoms with Crippen molar-refractivity contribution in [2.24, 2.45) is 0 Å². The minimum atomic E-state index is -0.694. The molecule has 0 saturated carbocycles. The number of nitrogens with one attached hydrogen (secondary N) is 2. The second-order valence-electron chi connectivity index (χ2n) is 7.20. The molecule has 0 spiro atoms. The smallest absolute Gasteiger partial charge is 0.263 e. The molecule has 1 atom stereocenters. The molecule has 3 aromatic rings. The Kier molecular flexibility index (Phi) is 7.74. The summed E-state index contributed by atoms with van der Waals surface area (Å²) in [5, 5.41) is 6.80. The Hall–Kier alpha value is -2.99. The molecule has 0 aliphatic rings. The molecule has 0 radical (unpaired) electrons. The maximum atomic E-state index is 13.0. The average molecular weight is 422 g/mol. The molecule has 3 rings (SSSR count). The van der Waals surface area contributed by atoms with Crippen LogP contribution in [0.5, 0.6) is 0 Å². The lowest BCUT2D eigenvalue weighted by Crippen LogP contribution is -2.45. The third-order valence-electron chi connectivity index (χ3n) is 4.74. The third-order valence-corrected chi connectivity index (χ3v) is 5.95. The van der Waals surface area contributed by atoms with E-state index in [0.29, 0.717) is 22.7 Å². The molecular weight excluding hydrogens is 394 g/mol. The topological polar surface area (TPSA) is 71.1 Å². The summed E-state index contributed by atoms with van der Waals surface area (Å²) in [4.78, 5) is 31.1. The molecule has 5 nitrogen and oxygen atoms in total. The number of hydrogen-bond acceptors (Lipinski definition) is 4. The molecule has 156 valence electrons. The Balaban J connectivity index is 1.76. The molecule has 1 aromatic heterocycles. The zero-order chi connectivity index (χ0) is 21.3. The standard InChI is InChI=1S/C24H27N3O2S/c1-3-4-15-21-25-17(2)22(30-21)24(29)27-20(16-18-11-7-5-8-12-18)23(28)26-19-13-9-6-10-14-19/h5-14,20H,3-4,15-16H2,1-2H3,(H,26,28)(H,27,29). The van der Waals surface area contributed by atoms with Crippen molar-refractivity contribution in [3.8, 4) is 0 Å². The van der Waals surface area contributed by atoms with E-state index in [1.54, 1.807) is 0 Å². The van der Waals surface area contributed by atoms with Gasteiger partial charge in [-0.15, -0.1) is 11.3 Å². The molecule has 0 saturated heterocycles. The van der Waals surface area contributed by atoms with Crippen LogP contribution >= 0.6 is 11.3 Å². The van der Waals surface area contributed by atoms with Gasteiger partial charge in [0.1, 0.15) is 10.9 Å². The van der Waals surface area contributed by atoms with Crippen LogP contribution in [0.3, 0.4) is 0 Å². The van der Waals surface area contributed by atoms with Crippen molar-refractivity contribution in [2.45, 2.75) is 45.6 Å². The molecule has 2 N–H and O–H groups in total. The summed E-state index contributed by atoms with van der Waals surface area (Å²) in [5.41, 5.74) is 2.40. The second-order valence-corrected chi connectivity index (χ2v) is 8.28. The van der Waals surface area contributed by atoms with Crippen molar-refractivity contribution in [1.82, 2.24) is 10.3 Å². The van der Waals surface area contributed by atoms with E-state index in [2.05, 4.69) is 22.5 Å². The van der Waals surface area contributed by atoms with Crippen LogP contribution in [0.15, 0.2) is 60.7 Å². The number of rotatable bonds is 9. The van der Waals surface area contributed by atoms with Crippen LogP contribution in [0.1, 0.15) is 45.7 Å². The van der Waals surface area contributed by atoms with Gasteiger partial charge in [-0.3, -0.25) is 9.59 Å². The fourth-order valence-electron chi connectivity index (χ4n) is 3.13. The van der Waals surface area contributed by atoms with Crippen LogP contribution in [0.2, 0.25) is 0 Å². The van der Waals surface area contributed by atoms with E-state index in [1.807, 2.05) is 67.6 Å². The van der Waals surface area contributed by atoms with E-state index >= 15 is 0 Å². The van der Waals surface area contributed by atoms with Crippen molar-refractivity contribution in [3.63, 3.8) is 0 Å². The van der Waals surface area contributed by atoms with E-state index in [-0.39, 0.29) is 11.8 Å². The van der Waals surface area contributed by atoms with Crippen LogP contribution in [0.25, 0.3) is 0 Å². The Labute approximate surface area is 181 Å². The number of aryl methyl sites for hydroxylation is 2. The highest BCUT2D eigenvalue weighted by Gasteiger charge is 2.24. The number of amides is 2. The van der Waals surface area contributed by atoms with Gasteiger partial charge in [0, 0.05) is 12.1 Å². The Morgan fingerprint density at radius 1 is 1.03 bits per heavy atom. The Morgan fingerprint density at radius 2 is 1.70 bits per heavy atom. The van der Waals surface area contributed by atoms with Gasteiger partial charge in [0.05, 0.1) is 10.7 Å². The van der Waals surface area contributed by atoms with Crippen molar-refractivity contribution in [3.05, 3.63) is 81.8 Å². The Bertz CT molecular complexity index is 971. The fourth-order valence-corrected chi connectivity index (χ4v) is 4.14. The number of aromatic nitrogens is 1. The van der Waals surface area contributed by atoms with Gasteiger partial charge in [-0.05, 0) is 37.5 Å². The summed E-state index contributed by atoms with van der Waals surface area (Å²) < 4.78 is 0. The number of hydrogen-bond donors (Lipinski definition) is 2. The number of benzene rings is 2. The van der Waals surface area contributed by atoms with E-state index in [1.165, 1.54) is 11.3 Å². The maximum absolute atomic E-state index is 13.0. The largest absolute Gasteiger partial charge is 0.339 e. The van der Waals surface area contributed by atoms with Gasteiger partial charge in [0.2, 0.25) is 5.91 Å². The molecule has 0 aliphatic carbocycles. The van der Waals surface area contributed by atoms with Crippen LogP contribution in [-0.4, -0.2) is 22.8 Å².